The van der Waals surface area contributed by atoms with Gasteiger partial charge in [0.25, 0.3) is 0 Å². The molecule has 0 amide bonds. The van der Waals surface area contributed by atoms with E-state index in [0.717, 1.165) is 20.8 Å². The first-order valence-corrected chi connectivity index (χ1v) is 6.79. The van der Waals surface area contributed by atoms with E-state index in [-0.39, 0.29) is 0 Å². The molecule has 1 N–H and O–H groups in total. The van der Waals surface area contributed by atoms with Crippen LogP contribution >= 0.6 is 11.3 Å². The van der Waals surface area contributed by atoms with Crippen LogP contribution in [0, 0.1) is 0 Å². The van der Waals surface area contributed by atoms with Crippen LogP contribution in [0.4, 0.5) is 0 Å². The van der Waals surface area contributed by atoms with Gasteiger partial charge in [0.1, 0.15) is 0 Å². The zero-order valence-electron chi connectivity index (χ0n) is 10.2. The Kier molecular flexibility index (Phi) is 3.25. The first-order valence-electron chi connectivity index (χ1n) is 5.97. The lowest BCUT2D eigenvalue weighted by Crippen LogP contribution is -2.04. The van der Waals surface area contributed by atoms with Gasteiger partial charge in [-0.15, -0.1) is 11.3 Å². The third kappa shape index (κ3) is 2.48. The zero-order valence-corrected chi connectivity index (χ0v) is 11.0. The van der Waals surface area contributed by atoms with E-state index in [2.05, 4.69) is 16.2 Å². The standard InChI is InChI=1S/C15H12N2OS/c18-17-13(11-6-2-1-3-7-11)10-15-16-12-8-4-5-9-14(12)19-15/h1-9,18H,10H2/b17-13+. The van der Waals surface area contributed by atoms with Crippen molar-refractivity contribution >= 4 is 27.3 Å². The second-order valence-corrected chi connectivity index (χ2v) is 5.28. The number of thiazole rings is 1. The maximum Gasteiger partial charge on any atom is 0.0999 e. The Morgan fingerprint density at radius 3 is 2.53 bits per heavy atom. The molecule has 0 atom stereocenters. The van der Waals surface area contributed by atoms with Crippen LogP contribution in [0.5, 0.6) is 0 Å². The van der Waals surface area contributed by atoms with Crippen molar-refractivity contribution in [3.8, 4) is 0 Å². The molecule has 1 aromatic heterocycles. The fourth-order valence-corrected chi connectivity index (χ4v) is 2.94. The van der Waals surface area contributed by atoms with Crippen LogP contribution in [0.1, 0.15) is 10.6 Å². The summed E-state index contributed by atoms with van der Waals surface area (Å²) in [6, 6.07) is 17.7. The number of oxime groups is 1. The first kappa shape index (κ1) is 11.9. The zero-order chi connectivity index (χ0) is 13.1. The normalized spacial score (nSPS) is 11.9. The lowest BCUT2D eigenvalue weighted by Gasteiger charge is -2.01. The molecule has 0 aliphatic rings. The third-order valence-corrected chi connectivity index (χ3v) is 3.92. The Morgan fingerprint density at radius 1 is 1.05 bits per heavy atom. The van der Waals surface area contributed by atoms with Crippen LogP contribution in [-0.4, -0.2) is 15.9 Å². The van der Waals surface area contributed by atoms with E-state index in [1.165, 1.54) is 0 Å². The van der Waals surface area contributed by atoms with Gasteiger partial charge >= 0.3 is 0 Å². The van der Waals surface area contributed by atoms with Crippen LogP contribution in [0.2, 0.25) is 0 Å². The quantitative estimate of drug-likeness (QED) is 0.447. The van der Waals surface area contributed by atoms with Crippen molar-refractivity contribution in [3.63, 3.8) is 0 Å². The number of hydrogen-bond acceptors (Lipinski definition) is 4. The summed E-state index contributed by atoms with van der Waals surface area (Å²) < 4.78 is 1.16. The summed E-state index contributed by atoms with van der Waals surface area (Å²) in [6.45, 7) is 0. The fraction of sp³-hybridized carbons (Fsp3) is 0.0667. The second kappa shape index (κ2) is 5.20. The van der Waals surface area contributed by atoms with E-state index in [0.29, 0.717) is 12.1 Å². The van der Waals surface area contributed by atoms with Crippen LogP contribution in [0.3, 0.4) is 0 Å². The number of fused-ring (bicyclic) bond motifs is 1. The highest BCUT2D eigenvalue weighted by atomic mass is 32.1. The molecular formula is C15H12N2OS. The van der Waals surface area contributed by atoms with Crippen molar-refractivity contribution in [3.05, 3.63) is 65.2 Å². The summed E-state index contributed by atoms with van der Waals surface area (Å²) in [5, 5.41) is 13.5. The summed E-state index contributed by atoms with van der Waals surface area (Å²) in [5.41, 5.74) is 2.55. The van der Waals surface area contributed by atoms with Crippen LogP contribution in [0.15, 0.2) is 59.8 Å². The third-order valence-electron chi connectivity index (χ3n) is 2.88. The molecule has 0 fully saturated rings. The van der Waals surface area contributed by atoms with Crippen molar-refractivity contribution in [1.29, 1.82) is 0 Å². The highest BCUT2D eigenvalue weighted by Gasteiger charge is 2.09. The maximum atomic E-state index is 9.18. The van der Waals surface area contributed by atoms with Crippen LogP contribution < -0.4 is 0 Å². The van der Waals surface area contributed by atoms with Gasteiger partial charge in [0.2, 0.25) is 0 Å². The largest absolute Gasteiger partial charge is 0.411 e. The van der Waals surface area contributed by atoms with Gasteiger partial charge in [-0.05, 0) is 17.7 Å². The van der Waals surface area contributed by atoms with E-state index < -0.39 is 0 Å². The monoisotopic (exact) mass is 268 g/mol. The number of aromatic nitrogens is 1. The van der Waals surface area contributed by atoms with Gasteiger partial charge in [-0.25, -0.2) is 4.98 Å². The highest BCUT2D eigenvalue weighted by Crippen LogP contribution is 2.22. The van der Waals surface area contributed by atoms with Gasteiger partial charge in [0.15, 0.2) is 0 Å². The Hall–Kier alpha value is -2.20. The minimum atomic E-state index is 0.542. The molecule has 1 heterocycles. The van der Waals surface area contributed by atoms with Crippen molar-refractivity contribution in [2.24, 2.45) is 5.16 Å². The van der Waals surface area contributed by atoms with E-state index >= 15 is 0 Å². The molecule has 3 aromatic rings. The Morgan fingerprint density at radius 2 is 1.79 bits per heavy atom. The van der Waals surface area contributed by atoms with Gasteiger partial charge in [0.05, 0.1) is 20.9 Å². The smallest absolute Gasteiger partial charge is 0.0999 e. The van der Waals surface area contributed by atoms with Gasteiger partial charge in [-0.3, -0.25) is 0 Å². The molecule has 3 rings (SSSR count). The minimum Gasteiger partial charge on any atom is -0.411 e. The van der Waals surface area contributed by atoms with Crippen molar-refractivity contribution in [1.82, 2.24) is 4.98 Å². The molecule has 0 aliphatic carbocycles. The predicted molar refractivity (Wildman–Crippen MR) is 78.1 cm³/mol. The van der Waals surface area contributed by atoms with Gasteiger partial charge in [0, 0.05) is 6.42 Å². The van der Waals surface area contributed by atoms with E-state index in [1.54, 1.807) is 11.3 Å². The summed E-state index contributed by atoms with van der Waals surface area (Å²) in [5.74, 6) is 0. The molecule has 0 spiro atoms. The molecule has 3 nitrogen and oxygen atoms in total. The molecule has 0 bridgehead atoms. The number of para-hydroxylation sites is 1. The van der Waals surface area contributed by atoms with E-state index in [4.69, 9.17) is 0 Å². The minimum absolute atomic E-state index is 0.542. The summed E-state index contributed by atoms with van der Waals surface area (Å²) in [4.78, 5) is 4.55. The lowest BCUT2D eigenvalue weighted by atomic mass is 10.1. The first-order chi connectivity index (χ1) is 9.36. The van der Waals surface area contributed by atoms with Crippen LogP contribution in [0.25, 0.3) is 10.2 Å². The molecule has 0 saturated heterocycles. The SMILES string of the molecule is O/N=C(\Cc1nc2ccccc2s1)c1ccccc1. The Balaban J connectivity index is 1.91. The molecule has 0 radical (unpaired) electrons. The molecule has 19 heavy (non-hydrogen) atoms. The lowest BCUT2D eigenvalue weighted by molar-refractivity contribution is 0.318. The van der Waals surface area contributed by atoms with Crippen LogP contribution in [-0.2, 0) is 6.42 Å². The van der Waals surface area contributed by atoms with Gasteiger partial charge in [-0.1, -0.05) is 47.6 Å². The summed E-state index contributed by atoms with van der Waals surface area (Å²) in [7, 11) is 0. The summed E-state index contributed by atoms with van der Waals surface area (Å²) in [6.07, 6.45) is 0.542. The second-order valence-electron chi connectivity index (χ2n) is 4.16. The van der Waals surface area contributed by atoms with Crippen molar-refractivity contribution in [2.45, 2.75) is 6.42 Å². The van der Waals surface area contributed by atoms with Crippen molar-refractivity contribution < 1.29 is 5.21 Å². The molecule has 4 heteroatoms. The number of hydrogen-bond donors (Lipinski definition) is 1. The fourth-order valence-electron chi connectivity index (χ4n) is 1.96. The maximum absolute atomic E-state index is 9.18. The molecule has 0 saturated carbocycles. The van der Waals surface area contributed by atoms with Crippen molar-refractivity contribution in [2.75, 3.05) is 0 Å². The number of benzene rings is 2. The van der Waals surface area contributed by atoms with Gasteiger partial charge in [-0.2, -0.15) is 0 Å². The van der Waals surface area contributed by atoms with E-state index in [1.807, 2.05) is 48.5 Å². The Labute approximate surface area is 114 Å². The summed E-state index contributed by atoms with van der Waals surface area (Å²) >= 11 is 1.63. The molecule has 94 valence electrons. The number of nitrogens with zero attached hydrogens (tertiary/aromatic N) is 2. The van der Waals surface area contributed by atoms with Gasteiger partial charge < -0.3 is 5.21 Å². The molecular weight excluding hydrogens is 256 g/mol. The average Bonchev–Trinajstić information content (AvgIpc) is 2.88. The highest BCUT2D eigenvalue weighted by molar-refractivity contribution is 7.18. The number of rotatable bonds is 3. The topological polar surface area (TPSA) is 45.5 Å². The predicted octanol–water partition coefficient (Wildman–Crippen LogP) is 3.72. The molecule has 0 aliphatic heterocycles. The van der Waals surface area contributed by atoms with E-state index in [9.17, 15) is 5.21 Å². The average molecular weight is 268 g/mol. The molecule has 0 unspecified atom stereocenters. The Bertz CT molecular complexity index is 686. The molecule has 2 aromatic carbocycles.